The first-order valence-corrected chi connectivity index (χ1v) is 5.44. The lowest BCUT2D eigenvalue weighted by Gasteiger charge is -2.15. The van der Waals surface area contributed by atoms with Crippen LogP contribution in [0.25, 0.3) is 0 Å². The Kier molecular flexibility index (Phi) is 4.90. The predicted octanol–water partition coefficient (Wildman–Crippen LogP) is 1.39. The van der Waals surface area contributed by atoms with Gasteiger partial charge in [-0.05, 0) is 26.0 Å². The molecule has 1 aromatic rings. The third kappa shape index (κ3) is 4.03. The lowest BCUT2D eigenvalue weighted by molar-refractivity contribution is -0.130. The summed E-state index contributed by atoms with van der Waals surface area (Å²) in [7, 11) is 1.46. The average Bonchev–Trinajstić information content (AvgIpc) is 2.80. The van der Waals surface area contributed by atoms with Crippen molar-refractivity contribution >= 4 is 11.7 Å². The molecule has 0 radical (unpaired) electrons. The molecule has 0 saturated heterocycles. The van der Waals surface area contributed by atoms with Crippen LogP contribution in [0.5, 0.6) is 0 Å². The fraction of sp³-hybridized carbons (Fsp3) is 0.500. The van der Waals surface area contributed by atoms with Gasteiger partial charge in [-0.2, -0.15) is 0 Å². The van der Waals surface area contributed by atoms with Crippen LogP contribution in [0.15, 0.2) is 22.8 Å². The molecule has 0 bridgehead atoms. The van der Waals surface area contributed by atoms with E-state index in [1.807, 2.05) is 0 Å². The van der Waals surface area contributed by atoms with Crippen molar-refractivity contribution in [1.82, 2.24) is 5.32 Å². The molecule has 0 aliphatic heterocycles. The number of hydrogen-bond acceptors (Lipinski definition) is 4. The lowest BCUT2D eigenvalue weighted by Crippen LogP contribution is -2.40. The van der Waals surface area contributed by atoms with E-state index in [9.17, 15) is 9.59 Å². The molecule has 0 aliphatic rings. The number of methoxy groups -OCH3 is 1. The molecule has 1 heterocycles. The summed E-state index contributed by atoms with van der Waals surface area (Å²) in [6.45, 7) is 3.41. The normalized spacial score (nSPS) is 14.1. The van der Waals surface area contributed by atoms with Crippen molar-refractivity contribution in [2.75, 3.05) is 7.11 Å². The number of ether oxygens (including phenoxy) is 1. The van der Waals surface area contributed by atoms with Crippen LogP contribution in [0.4, 0.5) is 0 Å². The number of carbonyl (C=O) groups excluding carboxylic acids is 2. The summed E-state index contributed by atoms with van der Waals surface area (Å²) >= 11 is 0. The molecule has 1 amide bonds. The third-order valence-electron chi connectivity index (χ3n) is 2.40. The second kappa shape index (κ2) is 6.20. The summed E-state index contributed by atoms with van der Waals surface area (Å²) < 4.78 is 9.86. The molecule has 0 aliphatic carbocycles. The molecule has 0 saturated carbocycles. The summed E-state index contributed by atoms with van der Waals surface area (Å²) in [4.78, 5) is 23.1. The van der Waals surface area contributed by atoms with Gasteiger partial charge in [0.15, 0.2) is 11.5 Å². The maximum Gasteiger partial charge on any atom is 0.249 e. The highest BCUT2D eigenvalue weighted by Crippen LogP contribution is 2.06. The molecule has 2 atom stereocenters. The molecule has 94 valence electrons. The van der Waals surface area contributed by atoms with Crippen molar-refractivity contribution in [3.05, 3.63) is 24.2 Å². The van der Waals surface area contributed by atoms with Gasteiger partial charge in [-0.3, -0.25) is 9.59 Å². The molecule has 5 heteroatoms. The molecule has 1 aromatic heterocycles. The van der Waals surface area contributed by atoms with Crippen LogP contribution >= 0.6 is 0 Å². The number of Topliss-reactive ketones (excluding diaryl/α,β-unsaturated/α-hetero) is 1. The maximum atomic E-state index is 11.7. The first-order chi connectivity index (χ1) is 8.04. The van der Waals surface area contributed by atoms with E-state index in [1.54, 1.807) is 26.0 Å². The van der Waals surface area contributed by atoms with Crippen LogP contribution in [0, 0.1) is 0 Å². The van der Waals surface area contributed by atoms with Gasteiger partial charge >= 0.3 is 0 Å². The van der Waals surface area contributed by atoms with Gasteiger partial charge < -0.3 is 14.5 Å². The molecule has 0 aromatic carbocycles. The van der Waals surface area contributed by atoms with Crippen LogP contribution in [0.1, 0.15) is 30.8 Å². The second-order valence-electron chi connectivity index (χ2n) is 3.89. The van der Waals surface area contributed by atoms with E-state index in [1.165, 1.54) is 13.4 Å². The molecule has 0 unspecified atom stereocenters. The first-order valence-electron chi connectivity index (χ1n) is 5.44. The molecule has 17 heavy (non-hydrogen) atoms. The van der Waals surface area contributed by atoms with Crippen LogP contribution in [-0.4, -0.2) is 30.9 Å². The summed E-state index contributed by atoms with van der Waals surface area (Å²) in [5.41, 5.74) is 0. The molecule has 0 fully saturated rings. The zero-order valence-corrected chi connectivity index (χ0v) is 10.2. The Hall–Kier alpha value is -1.62. The molecule has 5 nitrogen and oxygen atoms in total. The number of ketones is 1. The molecular formula is C12H17NO4. The Balaban J connectivity index is 2.42. The maximum absolute atomic E-state index is 11.7. The summed E-state index contributed by atoms with van der Waals surface area (Å²) in [5, 5.41) is 2.70. The smallest absolute Gasteiger partial charge is 0.249 e. The van der Waals surface area contributed by atoms with Gasteiger partial charge in [0.25, 0.3) is 0 Å². The number of hydrogen-bond donors (Lipinski definition) is 1. The standard InChI is InChI=1S/C12H17NO4/c1-8(13-12(15)9(2)16-3)7-10(14)11-5-4-6-17-11/h4-6,8-9H,7H2,1-3H3,(H,13,15)/t8-,9-/m1/s1. The van der Waals surface area contributed by atoms with E-state index in [2.05, 4.69) is 5.32 Å². The van der Waals surface area contributed by atoms with Crippen molar-refractivity contribution in [3.63, 3.8) is 0 Å². The van der Waals surface area contributed by atoms with Gasteiger partial charge in [0.1, 0.15) is 6.10 Å². The third-order valence-corrected chi connectivity index (χ3v) is 2.40. The van der Waals surface area contributed by atoms with E-state index >= 15 is 0 Å². The zero-order valence-electron chi connectivity index (χ0n) is 10.2. The van der Waals surface area contributed by atoms with E-state index < -0.39 is 6.10 Å². The van der Waals surface area contributed by atoms with Crippen LogP contribution in [0.3, 0.4) is 0 Å². The zero-order chi connectivity index (χ0) is 12.8. The topological polar surface area (TPSA) is 68.5 Å². The first kappa shape index (κ1) is 13.4. The highest BCUT2D eigenvalue weighted by molar-refractivity contribution is 5.94. The Morgan fingerprint density at radius 3 is 2.71 bits per heavy atom. The highest BCUT2D eigenvalue weighted by atomic mass is 16.5. The fourth-order valence-electron chi connectivity index (χ4n) is 1.33. The Morgan fingerprint density at radius 2 is 2.18 bits per heavy atom. The number of nitrogens with one attached hydrogen (secondary N) is 1. The van der Waals surface area contributed by atoms with E-state index in [-0.39, 0.29) is 24.2 Å². The van der Waals surface area contributed by atoms with Crippen molar-refractivity contribution in [2.24, 2.45) is 0 Å². The van der Waals surface area contributed by atoms with Gasteiger partial charge in [0.05, 0.1) is 6.26 Å². The molecule has 1 N–H and O–H groups in total. The minimum Gasteiger partial charge on any atom is -0.461 e. The number of furan rings is 1. The van der Waals surface area contributed by atoms with Gasteiger partial charge in [-0.1, -0.05) is 0 Å². The summed E-state index contributed by atoms with van der Waals surface area (Å²) in [5.74, 6) is -0.0500. The Morgan fingerprint density at radius 1 is 1.47 bits per heavy atom. The van der Waals surface area contributed by atoms with Gasteiger partial charge in [-0.25, -0.2) is 0 Å². The summed E-state index contributed by atoms with van der Waals surface area (Å²) in [6, 6.07) is 3.01. The largest absolute Gasteiger partial charge is 0.461 e. The molecule has 1 rings (SSSR count). The number of rotatable bonds is 6. The molecular weight excluding hydrogens is 222 g/mol. The van der Waals surface area contributed by atoms with Crippen molar-refractivity contribution in [2.45, 2.75) is 32.4 Å². The average molecular weight is 239 g/mol. The van der Waals surface area contributed by atoms with Gasteiger partial charge in [0.2, 0.25) is 5.91 Å². The Labute approximate surface area is 100 Å². The fourth-order valence-corrected chi connectivity index (χ4v) is 1.33. The monoisotopic (exact) mass is 239 g/mol. The predicted molar refractivity (Wildman–Crippen MR) is 61.7 cm³/mol. The summed E-state index contributed by atoms with van der Waals surface area (Å²) in [6.07, 6.45) is 1.13. The number of carbonyl (C=O) groups is 2. The molecule has 0 spiro atoms. The minimum absolute atomic E-state index is 0.132. The quantitative estimate of drug-likeness (QED) is 0.762. The van der Waals surface area contributed by atoms with Crippen LogP contribution < -0.4 is 5.32 Å². The number of amides is 1. The minimum atomic E-state index is -0.517. The van der Waals surface area contributed by atoms with E-state index in [0.29, 0.717) is 5.76 Å². The van der Waals surface area contributed by atoms with Crippen molar-refractivity contribution in [3.8, 4) is 0 Å². The van der Waals surface area contributed by atoms with Gasteiger partial charge in [0, 0.05) is 19.6 Å². The SMILES string of the molecule is CO[C@H](C)C(=O)N[C@H](C)CC(=O)c1ccco1. The van der Waals surface area contributed by atoms with Gasteiger partial charge in [-0.15, -0.1) is 0 Å². The van der Waals surface area contributed by atoms with E-state index in [4.69, 9.17) is 9.15 Å². The highest BCUT2D eigenvalue weighted by Gasteiger charge is 2.18. The van der Waals surface area contributed by atoms with Crippen LogP contribution in [-0.2, 0) is 9.53 Å². The van der Waals surface area contributed by atoms with Crippen molar-refractivity contribution in [1.29, 1.82) is 0 Å². The van der Waals surface area contributed by atoms with Crippen LogP contribution in [0.2, 0.25) is 0 Å². The van der Waals surface area contributed by atoms with E-state index in [0.717, 1.165) is 0 Å². The lowest BCUT2D eigenvalue weighted by atomic mass is 10.1. The Bertz CT molecular complexity index is 372. The van der Waals surface area contributed by atoms with Crippen molar-refractivity contribution < 1.29 is 18.7 Å². The second-order valence-corrected chi connectivity index (χ2v) is 3.89.